The van der Waals surface area contributed by atoms with Crippen molar-refractivity contribution >= 4 is 6.09 Å². The van der Waals surface area contributed by atoms with E-state index in [1.807, 2.05) is 26.8 Å². The second kappa shape index (κ2) is 7.94. The van der Waals surface area contributed by atoms with Crippen LogP contribution in [-0.2, 0) is 9.47 Å². The van der Waals surface area contributed by atoms with E-state index in [0.29, 0.717) is 38.3 Å². The Morgan fingerprint density at radius 3 is 2.71 bits per heavy atom. The first kappa shape index (κ1) is 20.4. The number of hydrogen-bond donors (Lipinski definition) is 0. The Morgan fingerprint density at radius 2 is 2.07 bits per heavy atom. The van der Waals surface area contributed by atoms with Gasteiger partial charge in [0.05, 0.1) is 25.9 Å². The summed E-state index contributed by atoms with van der Waals surface area (Å²) in [4.78, 5) is 16.2. The van der Waals surface area contributed by atoms with Crippen LogP contribution < -0.4 is 4.74 Å². The van der Waals surface area contributed by atoms with E-state index < -0.39 is 17.5 Å². The van der Waals surface area contributed by atoms with Crippen molar-refractivity contribution < 1.29 is 23.4 Å². The second-order valence-corrected chi connectivity index (χ2v) is 8.05. The Morgan fingerprint density at radius 1 is 1.32 bits per heavy atom. The van der Waals surface area contributed by atoms with Crippen molar-refractivity contribution in [3.63, 3.8) is 0 Å². The predicted octanol–water partition coefficient (Wildman–Crippen LogP) is 2.70. The first-order valence-corrected chi connectivity index (χ1v) is 9.33. The molecule has 152 valence electrons. The van der Waals surface area contributed by atoms with Crippen molar-refractivity contribution in [1.29, 1.82) is 5.26 Å². The predicted molar refractivity (Wildman–Crippen MR) is 99.5 cm³/mol. The molecule has 3 rings (SSSR count). The molecule has 2 fully saturated rings. The summed E-state index contributed by atoms with van der Waals surface area (Å²) < 4.78 is 31.2. The summed E-state index contributed by atoms with van der Waals surface area (Å²) in [5.41, 5.74) is -0.293. The molecule has 0 saturated carbocycles. The van der Waals surface area contributed by atoms with E-state index in [-0.39, 0.29) is 23.4 Å². The molecule has 0 unspecified atom stereocenters. The van der Waals surface area contributed by atoms with Gasteiger partial charge in [0.25, 0.3) is 0 Å². The van der Waals surface area contributed by atoms with E-state index in [0.717, 1.165) is 0 Å². The van der Waals surface area contributed by atoms with Gasteiger partial charge in [0, 0.05) is 31.7 Å². The average Bonchev–Trinajstić information content (AvgIpc) is 2.65. The van der Waals surface area contributed by atoms with Crippen molar-refractivity contribution in [3.8, 4) is 11.8 Å². The van der Waals surface area contributed by atoms with Gasteiger partial charge in [-0.15, -0.1) is 0 Å². The molecule has 2 aliphatic heterocycles. The molecule has 1 amide bonds. The number of rotatable bonds is 2. The monoisotopic (exact) mass is 391 g/mol. The van der Waals surface area contributed by atoms with Gasteiger partial charge in [-0.05, 0) is 32.9 Å². The number of methoxy groups -OCH3 is 1. The molecule has 28 heavy (non-hydrogen) atoms. The summed E-state index contributed by atoms with van der Waals surface area (Å²) in [5.74, 6) is -0.388. The summed E-state index contributed by atoms with van der Waals surface area (Å²) in [6.45, 7) is 8.12. The molecule has 0 aromatic heterocycles. The van der Waals surface area contributed by atoms with Crippen LogP contribution in [0, 0.1) is 17.1 Å². The number of nitriles is 1. The van der Waals surface area contributed by atoms with Gasteiger partial charge in [0.1, 0.15) is 23.0 Å². The quantitative estimate of drug-likeness (QED) is 0.772. The minimum absolute atomic E-state index is 0.0364. The number of nitrogens with zero attached hydrogens (tertiary/aromatic N) is 3. The topological polar surface area (TPSA) is 75.0 Å². The van der Waals surface area contributed by atoms with E-state index in [9.17, 15) is 14.4 Å². The van der Waals surface area contributed by atoms with E-state index in [1.54, 1.807) is 17.0 Å². The number of benzene rings is 1. The number of morpholine rings is 1. The first-order valence-electron chi connectivity index (χ1n) is 9.33. The zero-order valence-electron chi connectivity index (χ0n) is 16.7. The third-order valence-corrected chi connectivity index (χ3v) is 4.96. The minimum atomic E-state index is -0.599. The van der Waals surface area contributed by atoms with E-state index in [2.05, 4.69) is 4.90 Å². The molecule has 2 atom stereocenters. The van der Waals surface area contributed by atoms with Gasteiger partial charge < -0.3 is 19.1 Å². The number of amides is 1. The molecular weight excluding hydrogens is 365 g/mol. The van der Waals surface area contributed by atoms with Crippen LogP contribution in [0.2, 0.25) is 0 Å². The average molecular weight is 391 g/mol. The van der Waals surface area contributed by atoms with Crippen molar-refractivity contribution in [1.82, 2.24) is 9.80 Å². The molecule has 2 saturated heterocycles. The molecule has 8 heteroatoms. The summed E-state index contributed by atoms with van der Waals surface area (Å²) in [6.07, 6.45) is -0.795. The van der Waals surface area contributed by atoms with Crippen molar-refractivity contribution in [2.45, 2.75) is 38.5 Å². The maximum absolute atomic E-state index is 14.8. The number of carbonyl (C=O) groups is 1. The summed E-state index contributed by atoms with van der Waals surface area (Å²) in [5, 5.41) is 9.23. The molecule has 0 N–H and O–H groups in total. The van der Waals surface area contributed by atoms with E-state index >= 15 is 0 Å². The van der Waals surface area contributed by atoms with Gasteiger partial charge in [0.2, 0.25) is 0 Å². The largest absolute Gasteiger partial charge is 0.495 e. The fraction of sp³-hybridized carbons (Fsp3) is 0.600. The van der Waals surface area contributed by atoms with Gasteiger partial charge >= 0.3 is 6.09 Å². The number of fused-ring (bicyclic) bond motifs is 1. The van der Waals surface area contributed by atoms with Crippen LogP contribution in [0.15, 0.2) is 12.1 Å². The van der Waals surface area contributed by atoms with Crippen LogP contribution in [0.5, 0.6) is 5.75 Å². The van der Waals surface area contributed by atoms with Crippen molar-refractivity contribution in [2.24, 2.45) is 0 Å². The number of piperazine rings is 1. The minimum Gasteiger partial charge on any atom is -0.495 e. The number of halogens is 1. The first-order chi connectivity index (χ1) is 13.2. The van der Waals surface area contributed by atoms with Crippen molar-refractivity contribution in [2.75, 3.05) is 39.9 Å². The molecule has 0 bridgehead atoms. The van der Waals surface area contributed by atoms with Gasteiger partial charge in [-0.2, -0.15) is 5.26 Å². The fourth-order valence-corrected chi connectivity index (χ4v) is 3.56. The van der Waals surface area contributed by atoms with E-state index in [1.165, 1.54) is 7.11 Å². The van der Waals surface area contributed by atoms with Crippen LogP contribution in [0.4, 0.5) is 9.18 Å². The lowest BCUT2D eigenvalue weighted by Crippen LogP contribution is -2.60. The van der Waals surface area contributed by atoms with Crippen LogP contribution in [0.3, 0.4) is 0 Å². The summed E-state index contributed by atoms with van der Waals surface area (Å²) in [6, 6.07) is 5.09. The molecule has 7 nitrogen and oxygen atoms in total. The van der Waals surface area contributed by atoms with Crippen LogP contribution in [0.1, 0.15) is 38.0 Å². The highest BCUT2D eigenvalue weighted by molar-refractivity contribution is 5.68. The number of carbonyl (C=O) groups excluding carboxylic acids is 1. The molecule has 1 aromatic rings. The highest BCUT2D eigenvalue weighted by Crippen LogP contribution is 2.32. The lowest BCUT2D eigenvalue weighted by molar-refractivity contribution is -0.0915. The zero-order chi connectivity index (χ0) is 20.5. The summed E-state index contributed by atoms with van der Waals surface area (Å²) >= 11 is 0. The van der Waals surface area contributed by atoms with Crippen molar-refractivity contribution in [3.05, 3.63) is 29.1 Å². The molecular formula is C20H26FN3O4. The zero-order valence-corrected chi connectivity index (χ0v) is 16.7. The molecule has 0 spiro atoms. The maximum atomic E-state index is 14.8. The van der Waals surface area contributed by atoms with Gasteiger partial charge in [-0.3, -0.25) is 4.90 Å². The van der Waals surface area contributed by atoms with E-state index in [4.69, 9.17) is 14.2 Å². The summed E-state index contributed by atoms with van der Waals surface area (Å²) in [7, 11) is 1.40. The molecule has 2 aliphatic rings. The van der Waals surface area contributed by atoms with Crippen LogP contribution >= 0.6 is 0 Å². The Kier molecular flexibility index (Phi) is 5.77. The molecule has 2 heterocycles. The van der Waals surface area contributed by atoms with Gasteiger partial charge in [0.15, 0.2) is 5.82 Å². The molecule has 0 aliphatic carbocycles. The SMILES string of the molecule is COc1ccc([C@@H]2CN3CCN(C(=O)OC(C)(C)C)C[C@H]3CO2)c(F)c1C#N. The van der Waals surface area contributed by atoms with Gasteiger partial charge in [-0.1, -0.05) is 0 Å². The normalized spacial score (nSPS) is 22.9. The Labute approximate surface area is 164 Å². The highest BCUT2D eigenvalue weighted by atomic mass is 19.1. The lowest BCUT2D eigenvalue weighted by Gasteiger charge is -2.46. The Balaban J connectivity index is 1.68. The lowest BCUT2D eigenvalue weighted by atomic mass is 10.0. The molecule has 1 aromatic carbocycles. The van der Waals surface area contributed by atoms with Gasteiger partial charge in [-0.25, -0.2) is 9.18 Å². The Hall–Kier alpha value is -2.37. The third kappa shape index (κ3) is 4.21. The number of hydrogen-bond acceptors (Lipinski definition) is 6. The highest BCUT2D eigenvalue weighted by Gasteiger charge is 2.37. The van der Waals surface area contributed by atoms with Crippen LogP contribution in [0.25, 0.3) is 0 Å². The molecule has 0 radical (unpaired) electrons. The number of ether oxygens (including phenoxy) is 3. The van der Waals surface area contributed by atoms with Crippen LogP contribution in [-0.4, -0.2) is 67.4 Å². The standard InChI is InChI=1S/C20H26FN3O4/c1-20(2,3)28-19(25)24-8-7-23-11-17(27-12-13(23)10-24)14-5-6-16(26-4)15(9-22)18(14)21/h5-6,13,17H,7-8,10-12H2,1-4H3/t13-,17-/m0/s1. The second-order valence-electron chi connectivity index (χ2n) is 8.05. The third-order valence-electron chi connectivity index (χ3n) is 4.96. The fourth-order valence-electron chi connectivity index (χ4n) is 3.56. The smallest absolute Gasteiger partial charge is 0.410 e. The Bertz CT molecular complexity index is 787. The maximum Gasteiger partial charge on any atom is 0.410 e.